The van der Waals surface area contributed by atoms with Crippen molar-refractivity contribution in [2.75, 3.05) is 7.11 Å². The van der Waals surface area contributed by atoms with Gasteiger partial charge in [-0.25, -0.2) is 4.79 Å². The third-order valence-corrected chi connectivity index (χ3v) is 4.15. The SMILES string of the molecule is COC(=O)[C@H](C)NC(=O)C1C(C)(C)CCC1(C)C. The molecule has 4 heteroatoms. The van der Waals surface area contributed by atoms with Crippen LogP contribution in [0.1, 0.15) is 47.5 Å². The predicted molar refractivity (Wildman–Crippen MR) is 69.9 cm³/mol. The molecule has 1 amide bonds. The highest BCUT2D eigenvalue weighted by atomic mass is 16.5. The van der Waals surface area contributed by atoms with Gasteiger partial charge in [-0.3, -0.25) is 4.79 Å². The molecule has 1 fully saturated rings. The van der Waals surface area contributed by atoms with E-state index >= 15 is 0 Å². The molecule has 4 nitrogen and oxygen atoms in total. The van der Waals surface area contributed by atoms with Crippen LogP contribution in [0.15, 0.2) is 0 Å². The average molecular weight is 255 g/mol. The van der Waals surface area contributed by atoms with Crippen LogP contribution in [-0.4, -0.2) is 25.0 Å². The van der Waals surface area contributed by atoms with Crippen molar-refractivity contribution >= 4 is 11.9 Å². The van der Waals surface area contributed by atoms with Gasteiger partial charge in [0.15, 0.2) is 0 Å². The maximum Gasteiger partial charge on any atom is 0.328 e. The molecule has 1 saturated carbocycles. The zero-order chi connectivity index (χ0) is 14.1. The van der Waals surface area contributed by atoms with Crippen LogP contribution in [0.3, 0.4) is 0 Å². The van der Waals surface area contributed by atoms with E-state index < -0.39 is 12.0 Å². The number of amides is 1. The van der Waals surface area contributed by atoms with Gasteiger partial charge in [-0.05, 0) is 30.6 Å². The Balaban J connectivity index is 2.80. The van der Waals surface area contributed by atoms with E-state index in [1.807, 2.05) is 0 Å². The largest absolute Gasteiger partial charge is 0.467 e. The summed E-state index contributed by atoms with van der Waals surface area (Å²) in [5, 5.41) is 2.77. The van der Waals surface area contributed by atoms with E-state index in [0.717, 1.165) is 12.8 Å². The number of hydrogen-bond acceptors (Lipinski definition) is 3. The fourth-order valence-electron chi connectivity index (χ4n) is 3.23. The first kappa shape index (κ1) is 15.0. The lowest BCUT2D eigenvalue weighted by Crippen LogP contribution is -2.48. The Morgan fingerprint density at radius 2 is 1.61 bits per heavy atom. The van der Waals surface area contributed by atoms with Crippen molar-refractivity contribution in [3.63, 3.8) is 0 Å². The van der Waals surface area contributed by atoms with E-state index in [1.54, 1.807) is 6.92 Å². The number of ether oxygens (including phenoxy) is 1. The second-order valence-electron chi connectivity index (χ2n) is 6.66. The first-order valence-corrected chi connectivity index (χ1v) is 6.50. The van der Waals surface area contributed by atoms with Gasteiger partial charge in [-0.1, -0.05) is 27.7 Å². The zero-order valence-corrected chi connectivity index (χ0v) is 12.3. The Morgan fingerprint density at radius 3 is 2.00 bits per heavy atom. The minimum Gasteiger partial charge on any atom is -0.467 e. The summed E-state index contributed by atoms with van der Waals surface area (Å²) in [6.07, 6.45) is 2.06. The van der Waals surface area contributed by atoms with Crippen molar-refractivity contribution in [3.8, 4) is 0 Å². The standard InChI is InChI=1S/C14H25NO3/c1-9(12(17)18-6)15-11(16)10-13(2,3)7-8-14(10,4)5/h9-10H,7-8H2,1-6H3,(H,15,16)/t9-/m0/s1. The molecule has 1 aliphatic carbocycles. The third-order valence-electron chi connectivity index (χ3n) is 4.15. The van der Waals surface area contributed by atoms with E-state index in [-0.39, 0.29) is 22.7 Å². The molecule has 0 saturated heterocycles. The molecule has 18 heavy (non-hydrogen) atoms. The molecule has 0 aromatic carbocycles. The van der Waals surface area contributed by atoms with Crippen molar-refractivity contribution in [1.29, 1.82) is 0 Å². The van der Waals surface area contributed by atoms with Gasteiger partial charge in [0.1, 0.15) is 6.04 Å². The summed E-state index contributed by atoms with van der Waals surface area (Å²) < 4.78 is 4.63. The lowest BCUT2D eigenvalue weighted by molar-refractivity contribution is -0.146. The Morgan fingerprint density at radius 1 is 1.17 bits per heavy atom. The van der Waals surface area contributed by atoms with Gasteiger partial charge in [-0.15, -0.1) is 0 Å². The van der Waals surface area contributed by atoms with E-state index in [4.69, 9.17) is 0 Å². The van der Waals surface area contributed by atoms with Gasteiger partial charge in [0.25, 0.3) is 0 Å². The summed E-state index contributed by atoms with van der Waals surface area (Å²) in [4.78, 5) is 23.7. The minimum absolute atomic E-state index is 0.0244. The Hall–Kier alpha value is -1.06. The monoisotopic (exact) mass is 255 g/mol. The summed E-state index contributed by atoms with van der Waals surface area (Å²) in [7, 11) is 1.33. The second-order valence-corrected chi connectivity index (χ2v) is 6.66. The average Bonchev–Trinajstić information content (AvgIpc) is 2.46. The molecule has 104 valence electrons. The van der Waals surface area contributed by atoms with E-state index in [9.17, 15) is 9.59 Å². The summed E-state index contributed by atoms with van der Waals surface area (Å²) in [6, 6.07) is -0.588. The van der Waals surface area contributed by atoms with Crippen LogP contribution >= 0.6 is 0 Å². The molecule has 0 unspecified atom stereocenters. The summed E-state index contributed by atoms with van der Waals surface area (Å²) >= 11 is 0. The molecule has 0 bridgehead atoms. The number of rotatable bonds is 3. The van der Waals surface area contributed by atoms with Crippen LogP contribution in [0.4, 0.5) is 0 Å². The van der Waals surface area contributed by atoms with Crippen LogP contribution < -0.4 is 5.32 Å². The number of methoxy groups -OCH3 is 1. The summed E-state index contributed by atoms with van der Waals surface area (Å²) in [5.41, 5.74) is -0.0488. The Labute approximate surface area is 109 Å². The normalized spacial score (nSPS) is 23.4. The topological polar surface area (TPSA) is 55.4 Å². The van der Waals surface area contributed by atoms with Gasteiger partial charge in [0, 0.05) is 5.92 Å². The number of hydrogen-bond donors (Lipinski definition) is 1. The first-order valence-electron chi connectivity index (χ1n) is 6.50. The van der Waals surface area contributed by atoms with Crippen LogP contribution in [-0.2, 0) is 14.3 Å². The highest BCUT2D eigenvalue weighted by Crippen LogP contribution is 2.53. The number of nitrogens with one attached hydrogen (secondary N) is 1. The summed E-state index contributed by atoms with van der Waals surface area (Å²) in [5.74, 6) is -0.519. The second kappa shape index (κ2) is 4.90. The lowest BCUT2D eigenvalue weighted by Gasteiger charge is -2.34. The quantitative estimate of drug-likeness (QED) is 0.786. The van der Waals surface area contributed by atoms with E-state index in [2.05, 4.69) is 37.7 Å². The Bertz CT molecular complexity index is 331. The van der Waals surface area contributed by atoms with Gasteiger partial charge in [-0.2, -0.15) is 0 Å². The maximum absolute atomic E-state index is 12.4. The van der Waals surface area contributed by atoms with Gasteiger partial charge < -0.3 is 10.1 Å². The fraction of sp³-hybridized carbons (Fsp3) is 0.857. The molecule has 0 heterocycles. The number of esters is 1. The molecule has 0 radical (unpaired) electrons. The molecular weight excluding hydrogens is 230 g/mol. The van der Waals surface area contributed by atoms with E-state index in [0.29, 0.717) is 0 Å². The van der Waals surface area contributed by atoms with Crippen LogP contribution in [0.25, 0.3) is 0 Å². The molecule has 0 aromatic rings. The van der Waals surface area contributed by atoms with Gasteiger partial charge >= 0.3 is 5.97 Å². The van der Waals surface area contributed by atoms with Crippen molar-refractivity contribution in [3.05, 3.63) is 0 Å². The maximum atomic E-state index is 12.4. The molecular formula is C14H25NO3. The smallest absolute Gasteiger partial charge is 0.328 e. The molecule has 1 N–H and O–H groups in total. The Kier molecular flexibility index (Phi) is 4.08. The van der Waals surface area contributed by atoms with Gasteiger partial charge in [0.2, 0.25) is 5.91 Å². The third kappa shape index (κ3) is 2.85. The van der Waals surface area contributed by atoms with Gasteiger partial charge in [0.05, 0.1) is 7.11 Å². The number of carbonyl (C=O) groups is 2. The molecule has 0 aliphatic heterocycles. The molecule has 0 spiro atoms. The van der Waals surface area contributed by atoms with Crippen molar-refractivity contribution in [2.45, 2.75) is 53.5 Å². The molecule has 1 rings (SSSR count). The van der Waals surface area contributed by atoms with Crippen LogP contribution in [0.2, 0.25) is 0 Å². The zero-order valence-electron chi connectivity index (χ0n) is 12.3. The highest BCUT2D eigenvalue weighted by molar-refractivity contribution is 5.86. The predicted octanol–water partition coefficient (Wildman–Crippen LogP) is 2.13. The summed E-state index contributed by atoms with van der Waals surface area (Å²) in [6.45, 7) is 10.1. The minimum atomic E-state index is -0.588. The lowest BCUT2D eigenvalue weighted by atomic mass is 9.72. The van der Waals surface area contributed by atoms with Crippen molar-refractivity contribution in [2.24, 2.45) is 16.7 Å². The van der Waals surface area contributed by atoms with Crippen LogP contribution in [0, 0.1) is 16.7 Å². The first-order chi connectivity index (χ1) is 8.12. The molecule has 0 aromatic heterocycles. The van der Waals surface area contributed by atoms with Crippen molar-refractivity contribution in [1.82, 2.24) is 5.32 Å². The van der Waals surface area contributed by atoms with Crippen LogP contribution in [0.5, 0.6) is 0 Å². The van der Waals surface area contributed by atoms with Crippen molar-refractivity contribution < 1.29 is 14.3 Å². The van der Waals surface area contributed by atoms with E-state index in [1.165, 1.54) is 7.11 Å². The number of carbonyl (C=O) groups excluding carboxylic acids is 2. The highest BCUT2D eigenvalue weighted by Gasteiger charge is 2.51. The fourth-order valence-corrected chi connectivity index (χ4v) is 3.23. The molecule has 1 aliphatic rings. The molecule has 1 atom stereocenters.